The monoisotopic (exact) mass is 352 g/mol. The first-order valence-electron chi connectivity index (χ1n) is 8.49. The molecule has 0 spiro atoms. The number of rotatable bonds is 3. The number of para-hydroxylation sites is 1. The smallest absolute Gasteiger partial charge is 0.259 e. The molecule has 0 aliphatic heterocycles. The van der Waals surface area contributed by atoms with E-state index in [4.69, 9.17) is 5.26 Å². The number of H-pyrrole nitrogens is 1. The van der Waals surface area contributed by atoms with E-state index in [9.17, 15) is 4.79 Å². The summed E-state index contributed by atoms with van der Waals surface area (Å²) in [5, 5.41) is 9.50. The van der Waals surface area contributed by atoms with Gasteiger partial charge in [0.15, 0.2) is 0 Å². The molecular formula is C22H16N4O. The lowest BCUT2D eigenvalue weighted by molar-refractivity contribution is 1.17. The standard InChI is InChI=1S/C22H16N4O/c1-26(17-10-6-15(14-23)7-11-17)18-12-8-16(9-13-18)21-24-20-5-3-2-4-19(20)22(27)25-21/h2-13H,1H3,(H,24,25,27). The lowest BCUT2D eigenvalue weighted by Gasteiger charge is -2.19. The van der Waals surface area contributed by atoms with Crippen molar-refractivity contribution in [1.29, 1.82) is 5.26 Å². The summed E-state index contributed by atoms with van der Waals surface area (Å²) in [7, 11) is 1.96. The maximum Gasteiger partial charge on any atom is 0.259 e. The average Bonchev–Trinajstić information content (AvgIpc) is 2.73. The Morgan fingerprint density at radius 3 is 2.22 bits per heavy atom. The van der Waals surface area contributed by atoms with E-state index in [1.807, 2.05) is 66.5 Å². The zero-order valence-electron chi connectivity index (χ0n) is 14.7. The zero-order valence-corrected chi connectivity index (χ0v) is 14.7. The minimum absolute atomic E-state index is 0.144. The first kappa shape index (κ1) is 16.6. The highest BCUT2D eigenvalue weighted by molar-refractivity contribution is 5.79. The van der Waals surface area contributed by atoms with E-state index in [0.717, 1.165) is 16.9 Å². The van der Waals surface area contributed by atoms with Gasteiger partial charge in [-0.25, -0.2) is 4.98 Å². The number of nitriles is 1. The largest absolute Gasteiger partial charge is 0.345 e. The predicted octanol–water partition coefficient (Wildman–Crippen LogP) is 4.23. The molecule has 5 heteroatoms. The van der Waals surface area contributed by atoms with Crippen molar-refractivity contribution in [3.05, 3.63) is 88.7 Å². The van der Waals surface area contributed by atoms with Gasteiger partial charge in [0.25, 0.3) is 5.56 Å². The predicted molar refractivity (Wildman–Crippen MR) is 107 cm³/mol. The first-order chi connectivity index (χ1) is 13.2. The summed E-state index contributed by atoms with van der Waals surface area (Å²) in [5.41, 5.74) is 3.98. The molecule has 4 rings (SSSR count). The third kappa shape index (κ3) is 3.16. The molecule has 0 aliphatic carbocycles. The second kappa shape index (κ2) is 6.77. The molecule has 1 aromatic heterocycles. The number of nitrogens with zero attached hydrogens (tertiary/aromatic N) is 3. The molecule has 0 saturated heterocycles. The summed E-state index contributed by atoms with van der Waals surface area (Å²) in [4.78, 5) is 21.7. The summed E-state index contributed by atoms with van der Waals surface area (Å²) >= 11 is 0. The Labute approximate surface area is 156 Å². The number of fused-ring (bicyclic) bond motifs is 1. The molecule has 1 heterocycles. The van der Waals surface area contributed by atoms with Gasteiger partial charge in [0.1, 0.15) is 5.82 Å². The highest BCUT2D eigenvalue weighted by Crippen LogP contribution is 2.26. The molecular weight excluding hydrogens is 336 g/mol. The molecule has 0 unspecified atom stereocenters. The van der Waals surface area contributed by atoms with Gasteiger partial charge in [-0.05, 0) is 60.7 Å². The molecule has 0 radical (unpaired) electrons. The van der Waals surface area contributed by atoms with Crippen LogP contribution in [0.1, 0.15) is 5.56 Å². The Hall–Kier alpha value is -3.91. The minimum atomic E-state index is -0.144. The number of benzene rings is 3. The molecule has 0 bridgehead atoms. The van der Waals surface area contributed by atoms with E-state index < -0.39 is 0 Å². The van der Waals surface area contributed by atoms with Crippen LogP contribution in [-0.2, 0) is 0 Å². The van der Waals surface area contributed by atoms with E-state index in [1.165, 1.54) is 0 Å². The van der Waals surface area contributed by atoms with E-state index in [1.54, 1.807) is 18.2 Å². The summed E-state index contributed by atoms with van der Waals surface area (Å²) in [6.07, 6.45) is 0. The lowest BCUT2D eigenvalue weighted by Crippen LogP contribution is -2.10. The van der Waals surface area contributed by atoms with Gasteiger partial charge in [0, 0.05) is 24.0 Å². The summed E-state index contributed by atoms with van der Waals surface area (Å²) in [5.74, 6) is 0.547. The normalized spacial score (nSPS) is 10.5. The molecule has 0 saturated carbocycles. The lowest BCUT2D eigenvalue weighted by atomic mass is 10.1. The van der Waals surface area contributed by atoms with Crippen LogP contribution in [0.4, 0.5) is 11.4 Å². The average molecular weight is 352 g/mol. The van der Waals surface area contributed by atoms with Crippen molar-refractivity contribution in [2.24, 2.45) is 0 Å². The number of nitrogens with one attached hydrogen (secondary N) is 1. The first-order valence-corrected chi connectivity index (χ1v) is 8.49. The van der Waals surface area contributed by atoms with Gasteiger partial charge in [-0.1, -0.05) is 12.1 Å². The Bertz CT molecular complexity index is 1200. The van der Waals surface area contributed by atoms with E-state index in [0.29, 0.717) is 22.3 Å². The molecule has 1 N–H and O–H groups in total. The molecule has 27 heavy (non-hydrogen) atoms. The van der Waals surface area contributed by atoms with Crippen molar-refractivity contribution >= 4 is 22.3 Å². The van der Waals surface area contributed by atoms with E-state index in [2.05, 4.69) is 16.0 Å². The number of hydrogen-bond donors (Lipinski definition) is 1. The Balaban J connectivity index is 1.66. The van der Waals surface area contributed by atoms with Gasteiger partial charge in [-0.15, -0.1) is 0 Å². The fraction of sp³-hybridized carbons (Fsp3) is 0.0455. The van der Waals surface area contributed by atoms with Crippen LogP contribution in [0.2, 0.25) is 0 Å². The molecule has 5 nitrogen and oxygen atoms in total. The van der Waals surface area contributed by atoms with Gasteiger partial charge in [0.2, 0.25) is 0 Å². The molecule has 3 aromatic carbocycles. The van der Waals surface area contributed by atoms with Crippen LogP contribution in [-0.4, -0.2) is 17.0 Å². The van der Waals surface area contributed by atoms with Crippen molar-refractivity contribution in [2.75, 3.05) is 11.9 Å². The maximum atomic E-state index is 12.3. The summed E-state index contributed by atoms with van der Waals surface area (Å²) in [6, 6.07) is 24.6. The van der Waals surface area contributed by atoms with Crippen LogP contribution in [0.25, 0.3) is 22.3 Å². The minimum Gasteiger partial charge on any atom is -0.345 e. The highest BCUT2D eigenvalue weighted by Gasteiger charge is 2.08. The van der Waals surface area contributed by atoms with Crippen LogP contribution in [0.15, 0.2) is 77.6 Å². The Kier molecular flexibility index (Phi) is 4.15. The maximum absolute atomic E-state index is 12.3. The fourth-order valence-corrected chi connectivity index (χ4v) is 2.97. The second-order valence-corrected chi connectivity index (χ2v) is 6.20. The van der Waals surface area contributed by atoms with E-state index in [-0.39, 0.29) is 5.56 Å². The van der Waals surface area contributed by atoms with Gasteiger partial charge >= 0.3 is 0 Å². The fourth-order valence-electron chi connectivity index (χ4n) is 2.97. The summed E-state index contributed by atoms with van der Waals surface area (Å²) < 4.78 is 0. The van der Waals surface area contributed by atoms with Crippen LogP contribution >= 0.6 is 0 Å². The van der Waals surface area contributed by atoms with Crippen LogP contribution in [0.5, 0.6) is 0 Å². The zero-order chi connectivity index (χ0) is 18.8. The van der Waals surface area contributed by atoms with Crippen LogP contribution in [0.3, 0.4) is 0 Å². The van der Waals surface area contributed by atoms with Gasteiger partial charge in [-0.3, -0.25) is 4.79 Å². The third-order valence-electron chi connectivity index (χ3n) is 4.52. The Morgan fingerprint density at radius 1 is 0.926 bits per heavy atom. The van der Waals surface area contributed by atoms with Crippen molar-refractivity contribution in [3.63, 3.8) is 0 Å². The van der Waals surface area contributed by atoms with Crippen LogP contribution in [0, 0.1) is 11.3 Å². The topological polar surface area (TPSA) is 72.8 Å². The van der Waals surface area contributed by atoms with Crippen molar-refractivity contribution < 1.29 is 0 Å². The number of anilines is 2. The molecule has 0 fully saturated rings. The molecule has 0 atom stereocenters. The SMILES string of the molecule is CN(c1ccc(C#N)cc1)c1ccc(-c2nc3ccccc3c(=O)[nH]2)cc1. The quantitative estimate of drug-likeness (QED) is 0.599. The third-order valence-corrected chi connectivity index (χ3v) is 4.52. The van der Waals surface area contributed by atoms with Crippen molar-refractivity contribution in [1.82, 2.24) is 9.97 Å². The van der Waals surface area contributed by atoms with E-state index >= 15 is 0 Å². The number of hydrogen-bond acceptors (Lipinski definition) is 4. The molecule has 0 amide bonds. The van der Waals surface area contributed by atoms with Gasteiger partial charge in [-0.2, -0.15) is 5.26 Å². The van der Waals surface area contributed by atoms with Gasteiger partial charge in [0.05, 0.1) is 22.5 Å². The van der Waals surface area contributed by atoms with Crippen molar-refractivity contribution in [2.45, 2.75) is 0 Å². The van der Waals surface area contributed by atoms with Gasteiger partial charge < -0.3 is 9.88 Å². The molecule has 4 aromatic rings. The number of aromatic nitrogens is 2. The summed E-state index contributed by atoms with van der Waals surface area (Å²) in [6.45, 7) is 0. The molecule has 130 valence electrons. The Morgan fingerprint density at radius 2 is 1.56 bits per heavy atom. The van der Waals surface area contributed by atoms with Crippen molar-refractivity contribution in [3.8, 4) is 17.5 Å². The number of aromatic amines is 1. The molecule has 0 aliphatic rings. The highest BCUT2D eigenvalue weighted by atomic mass is 16.1. The van der Waals surface area contributed by atoms with Crippen LogP contribution < -0.4 is 10.5 Å². The second-order valence-electron chi connectivity index (χ2n) is 6.20.